The van der Waals surface area contributed by atoms with Gasteiger partial charge in [0.1, 0.15) is 12.8 Å². The molecular formula is C22H19ClN6O4. The molecule has 2 aromatic carbocycles. The fraction of sp³-hybridized carbons (Fsp3) is 0.136. The van der Waals surface area contributed by atoms with Crippen molar-refractivity contribution in [2.24, 2.45) is 5.16 Å². The summed E-state index contributed by atoms with van der Waals surface area (Å²) in [5.74, 6) is -0.928. The average Bonchev–Trinajstić information content (AvgIpc) is 3.37. The average molecular weight is 467 g/mol. The molecule has 1 aliphatic rings. The van der Waals surface area contributed by atoms with Gasteiger partial charge in [-0.05, 0) is 23.3 Å². The topological polar surface area (TPSA) is 122 Å². The Kier molecular flexibility index (Phi) is 6.48. The van der Waals surface area contributed by atoms with Crippen LogP contribution in [-0.2, 0) is 27.5 Å². The second kappa shape index (κ2) is 9.63. The highest BCUT2D eigenvalue weighted by molar-refractivity contribution is 6.55. The molecule has 0 bridgehead atoms. The van der Waals surface area contributed by atoms with Gasteiger partial charge in [-0.3, -0.25) is 19.7 Å². The number of oxime groups is 1. The van der Waals surface area contributed by atoms with Gasteiger partial charge in [0, 0.05) is 11.6 Å². The largest absolute Gasteiger partial charge is 0.398 e. The van der Waals surface area contributed by atoms with Crippen LogP contribution in [0.1, 0.15) is 22.4 Å². The lowest BCUT2D eigenvalue weighted by Crippen LogP contribution is -2.30. The number of fused-ring (bicyclic) bond motifs is 1. The highest BCUT2D eigenvalue weighted by Crippen LogP contribution is 2.37. The van der Waals surface area contributed by atoms with E-state index in [1.54, 1.807) is 35.2 Å². The number of aromatic nitrogens is 3. The highest BCUT2D eigenvalue weighted by atomic mass is 35.5. The molecule has 0 saturated carbocycles. The predicted molar refractivity (Wildman–Crippen MR) is 121 cm³/mol. The summed E-state index contributed by atoms with van der Waals surface area (Å²) in [6.45, 7) is 0.644. The van der Waals surface area contributed by atoms with E-state index in [4.69, 9.17) is 21.6 Å². The number of benzene rings is 2. The van der Waals surface area contributed by atoms with Crippen LogP contribution in [0.3, 0.4) is 0 Å². The third-order valence-corrected chi connectivity index (χ3v) is 5.21. The number of carbonyl (C=O) groups excluding carboxylic acids is 2. The summed E-state index contributed by atoms with van der Waals surface area (Å²) in [4.78, 5) is 30.3. The second-order valence-electron chi connectivity index (χ2n) is 7.11. The fourth-order valence-corrected chi connectivity index (χ4v) is 3.71. The normalized spacial score (nSPS) is 14.2. The molecule has 11 heteroatoms. The Morgan fingerprint density at radius 3 is 2.76 bits per heavy atom. The molecular weight excluding hydrogens is 448 g/mol. The molecule has 0 atom stereocenters. The van der Waals surface area contributed by atoms with E-state index in [0.717, 1.165) is 11.1 Å². The molecule has 10 nitrogen and oxygen atoms in total. The Morgan fingerprint density at radius 1 is 1.24 bits per heavy atom. The van der Waals surface area contributed by atoms with Crippen LogP contribution >= 0.6 is 11.6 Å². The first-order chi connectivity index (χ1) is 16.0. The monoisotopic (exact) mass is 466 g/mol. The SMILES string of the molecule is CON=C1C(=O)N(Cc2cn(Cc3ccc(/C=C/C(=O)NO)cc3)nn2)c2c(Cl)cccc21. The summed E-state index contributed by atoms with van der Waals surface area (Å²) >= 11 is 6.36. The van der Waals surface area contributed by atoms with Crippen molar-refractivity contribution in [1.82, 2.24) is 20.5 Å². The van der Waals surface area contributed by atoms with Crippen LogP contribution in [0, 0.1) is 0 Å². The molecule has 168 valence electrons. The smallest absolute Gasteiger partial charge is 0.281 e. The van der Waals surface area contributed by atoms with E-state index in [1.165, 1.54) is 23.6 Å². The predicted octanol–water partition coefficient (Wildman–Crippen LogP) is 2.40. The van der Waals surface area contributed by atoms with E-state index >= 15 is 0 Å². The lowest BCUT2D eigenvalue weighted by molar-refractivity contribution is -0.124. The Balaban J connectivity index is 1.48. The van der Waals surface area contributed by atoms with E-state index < -0.39 is 5.91 Å². The summed E-state index contributed by atoms with van der Waals surface area (Å²) in [5.41, 5.74) is 5.25. The first-order valence-electron chi connectivity index (χ1n) is 9.82. The minimum atomic E-state index is -0.602. The molecule has 0 fully saturated rings. The van der Waals surface area contributed by atoms with Gasteiger partial charge in [0.25, 0.3) is 11.8 Å². The quantitative estimate of drug-likeness (QED) is 0.313. The highest BCUT2D eigenvalue weighted by Gasteiger charge is 2.36. The number of nitrogens with one attached hydrogen (secondary N) is 1. The number of amides is 2. The summed E-state index contributed by atoms with van der Waals surface area (Å²) in [6.07, 6.45) is 4.57. The van der Waals surface area contributed by atoms with Crippen LogP contribution in [0.5, 0.6) is 0 Å². The van der Waals surface area contributed by atoms with E-state index in [-0.39, 0.29) is 18.2 Å². The molecule has 1 aliphatic heterocycles. The van der Waals surface area contributed by atoms with E-state index in [9.17, 15) is 9.59 Å². The van der Waals surface area contributed by atoms with Crippen LogP contribution in [0.25, 0.3) is 6.08 Å². The zero-order valence-electron chi connectivity index (χ0n) is 17.5. The maximum atomic E-state index is 12.9. The lowest BCUT2D eigenvalue weighted by atomic mass is 10.1. The molecule has 33 heavy (non-hydrogen) atoms. The molecule has 2 N–H and O–H groups in total. The van der Waals surface area contributed by atoms with Gasteiger partial charge in [0.15, 0.2) is 5.71 Å². The van der Waals surface area contributed by atoms with Crippen molar-refractivity contribution < 1.29 is 19.6 Å². The summed E-state index contributed by atoms with van der Waals surface area (Å²) in [7, 11) is 1.38. The molecule has 2 heterocycles. The molecule has 3 aromatic rings. The second-order valence-corrected chi connectivity index (χ2v) is 7.52. The van der Waals surface area contributed by atoms with Crippen LogP contribution in [0.15, 0.2) is 59.9 Å². The Labute approximate surface area is 193 Å². The Hall–Kier alpha value is -4.02. The molecule has 1 aromatic heterocycles. The van der Waals surface area contributed by atoms with E-state index in [1.807, 2.05) is 24.3 Å². The number of rotatable bonds is 7. The maximum absolute atomic E-state index is 12.9. The minimum absolute atomic E-state index is 0.176. The first kappa shape index (κ1) is 22.2. The van der Waals surface area contributed by atoms with Crippen molar-refractivity contribution in [1.29, 1.82) is 0 Å². The van der Waals surface area contributed by atoms with Crippen LogP contribution in [0.4, 0.5) is 5.69 Å². The summed E-state index contributed by atoms with van der Waals surface area (Å²) in [5, 5.41) is 21.1. The minimum Gasteiger partial charge on any atom is -0.398 e. The third-order valence-electron chi connectivity index (χ3n) is 4.91. The molecule has 4 rings (SSSR count). The molecule has 0 aliphatic carbocycles. The number of hydrogen-bond donors (Lipinski definition) is 2. The molecule has 0 saturated heterocycles. The number of carbonyl (C=O) groups is 2. The van der Waals surface area contributed by atoms with Crippen molar-refractivity contribution in [2.75, 3.05) is 12.0 Å². The number of hydrogen-bond acceptors (Lipinski definition) is 7. The molecule has 2 amide bonds. The van der Waals surface area contributed by atoms with E-state index in [2.05, 4.69) is 15.5 Å². The van der Waals surface area contributed by atoms with Gasteiger partial charge in [-0.25, -0.2) is 10.2 Å². The van der Waals surface area contributed by atoms with Crippen LogP contribution < -0.4 is 10.4 Å². The number of hydroxylamine groups is 1. The fourth-order valence-electron chi connectivity index (χ4n) is 3.44. The van der Waals surface area contributed by atoms with Crippen molar-refractivity contribution in [3.8, 4) is 0 Å². The Bertz CT molecular complexity index is 1250. The molecule has 0 radical (unpaired) electrons. The summed E-state index contributed by atoms with van der Waals surface area (Å²) < 4.78 is 1.66. The van der Waals surface area contributed by atoms with Gasteiger partial charge in [-0.1, -0.05) is 58.4 Å². The van der Waals surface area contributed by atoms with Gasteiger partial charge in [-0.15, -0.1) is 5.10 Å². The zero-order chi connectivity index (χ0) is 23.4. The van der Waals surface area contributed by atoms with Crippen molar-refractivity contribution >= 4 is 40.9 Å². The van der Waals surface area contributed by atoms with Gasteiger partial charge >= 0.3 is 0 Å². The zero-order valence-corrected chi connectivity index (χ0v) is 18.2. The van der Waals surface area contributed by atoms with Crippen LogP contribution in [0.2, 0.25) is 5.02 Å². The molecule has 0 spiro atoms. The maximum Gasteiger partial charge on any atom is 0.281 e. The third kappa shape index (κ3) is 4.76. The first-order valence-corrected chi connectivity index (χ1v) is 10.2. The van der Waals surface area contributed by atoms with E-state index in [0.29, 0.717) is 28.5 Å². The number of nitrogens with zero attached hydrogens (tertiary/aromatic N) is 5. The lowest BCUT2D eigenvalue weighted by Gasteiger charge is -2.16. The van der Waals surface area contributed by atoms with Crippen molar-refractivity contribution in [2.45, 2.75) is 13.1 Å². The van der Waals surface area contributed by atoms with Gasteiger partial charge in [-0.2, -0.15) is 0 Å². The van der Waals surface area contributed by atoms with Gasteiger partial charge in [0.05, 0.1) is 30.0 Å². The summed E-state index contributed by atoms with van der Waals surface area (Å²) in [6, 6.07) is 12.7. The van der Waals surface area contributed by atoms with Crippen molar-refractivity contribution in [3.63, 3.8) is 0 Å². The van der Waals surface area contributed by atoms with Gasteiger partial charge in [0.2, 0.25) is 0 Å². The molecule has 0 unspecified atom stereocenters. The number of anilines is 1. The van der Waals surface area contributed by atoms with Crippen LogP contribution in [-0.4, -0.2) is 44.8 Å². The standard InChI is InChI=1S/C22H19ClN6O4/c1-33-26-20-17-3-2-4-18(23)21(17)29(22(20)31)13-16-12-28(27-24-16)11-15-7-5-14(6-8-15)9-10-19(30)25-32/h2-10,12,32H,11,13H2,1H3,(H,25,30)/b10-9+,26-20?. The Morgan fingerprint density at radius 2 is 2.03 bits per heavy atom. The van der Waals surface area contributed by atoms with Gasteiger partial charge < -0.3 is 4.84 Å². The number of halogens is 1. The van der Waals surface area contributed by atoms with Crippen molar-refractivity contribution in [3.05, 3.63) is 82.1 Å². The number of para-hydroxylation sites is 1.